The second-order valence-corrected chi connectivity index (χ2v) is 19.3. The predicted molar refractivity (Wildman–Crippen MR) is 273 cm³/mol. The van der Waals surface area contributed by atoms with Crippen molar-refractivity contribution in [2.75, 3.05) is 13.2 Å². The molecule has 0 aliphatic carbocycles. The number of hydrogen-bond acceptors (Lipinski definition) is 5. The second-order valence-electron chi connectivity index (χ2n) is 19.3. The number of aliphatic hydroxyl groups is 2. The van der Waals surface area contributed by atoms with Crippen molar-refractivity contribution < 1.29 is 24.5 Å². The van der Waals surface area contributed by atoms with E-state index in [0.29, 0.717) is 25.9 Å². The summed E-state index contributed by atoms with van der Waals surface area (Å²) >= 11 is 0. The number of rotatable bonds is 52. The Kier molecular flexibility index (Phi) is 51.6. The van der Waals surface area contributed by atoms with E-state index in [1.165, 1.54) is 218 Å². The first-order valence-corrected chi connectivity index (χ1v) is 28.1. The molecule has 0 radical (unpaired) electrons. The first-order valence-electron chi connectivity index (χ1n) is 28.1. The van der Waals surface area contributed by atoms with Crippen LogP contribution in [0.5, 0.6) is 0 Å². The molecule has 0 saturated carbocycles. The largest absolute Gasteiger partial charge is 0.466 e. The maximum atomic E-state index is 12.4. The lowest BCUT2D eigenvalue weighted by atomic mass is 10.0. The van der Waals surface area contributed by atoms with Crippen molar-refractivity contribution >= 4 is 11.9 Å². The molecule has 0 heterocycles. The van der Waals surface area contributed by atoms with Crippen LogP contribution in [0, 0.1) is 0 Å². The van der Waals surface area contributed by atoms with E-state index in [9.17, 15) is 19.8 Å². The summed E-state index contributed by atoms with van der Waals surface area (Å²) in [5, 5.41) is 23.1. The lowest BCUT2D eigenvalue weighted by molar-refractivity contribution is -0.143. The monoisotopic (exact) mass is 888 g/mol. The minimum Gasteiger partial charge on any atom is -0.466 e. The Balaban J connectivity index is 3.35. The van der Waals surface area contributed by atoms with Crippen molar-refractivity contribution in [3.05, 3.63) is 24.3 Å². The summed E-state index contributed by atoms with van der Waals surface area (Å²) < 4.78 is 5.47. The fourth-order valence-corrected chi connectivity index (χ4v) is 8.67. The minimum absolute atomic E-state index is 0.000912. The van der Waals surface area contributed by atoms with E-state index in [1.807, 2.05) is 0 Å². The van der Waals surface area contributed by atoms with Gasteiger partial charge in [0, 0.05) is 12.8 Å². The Morgan fingerprint density at radius 1 is 0.444 bits per heavy atom. The van der Waals surface area contributed by atoms with Gasteiger partial charge in [0.05, 0.1) is 25.4 Å². The minimum atomic E-state index is -0.662. The first kappa shape index (κ1) is 61.3. The number of carbonyl (C=O) groups excluding carboxylic acids is 2. The lowest BCUT2D eigenvalue weighted by Gasteiger charge is -2.22. The number of carbonyl (C=O) groups is 2. The Morgan fingerprint density at radius 2 is 0.794 bits per heavy atom. The second kappa shape index (κ2) is 53.0. The molecule has 0 aromatic rings. The molecule has 0 aromatic carbocycles. The van der Waals surface area contributed by atoms with Crippen LogP contribution in [0.25, 0.3) is 0 Å². The van der Waals surface area contributed by atoms with E-state index in [-0.39, 0.29) is 18.5 Å². The summed E-state index contributed by atoms with van der Waals surface area (Å²) in [4.78, 5) is 24.4. The maximum absolute atomic E-state index is 12.4. The molecule has 2 atom stereocenters. The van der Waals surface area contributed by atoms with Crippen LogP contribution < -0.4 is 5.32 Å². The third kappa shape index (κ3) is 49.6. The van der Waals surface area contributed by atoms with E-state index in [0.717, 1.165) is 51.4 Å². The number of esters is 1. The summed E-state index contributed by atoms with van der Waals surface area (Å²) in [7, 11) is 0. The molecule has 0 aliphatic heterocycles. The third-order valence-electron chi connectivity index (χ3n) is 13.0. The molecule has 372 valence electrons. The lowest BCUT2D eigenvalue weighted by Crippen LogP contribution is -2.45. The van der Waals surface area contributed by atoms with Gasteiger partial charge in [-0.25, -0.2) is 0 Å². The molecule has 0 spiro atoms. The van der Waals surface area contributed by atoms with Gasteiger partial charge in [-0.05, 0) is 57.8 Å². The molecule has 0 aromatic heterocycles. The van der Waals surface area contributed by atoms with Crippen molar-refractivity contribution in [2.24, 2.45) is 0 Å². The third-order valence-corrected chi connectivity index (χ3v) is 13.0. The molecule has 6 heteroatoms. The van der Waals surface area contributed by atoms with E-state index in [4.69, 9.17) is 4.74 Å². The van der Waals surface area contributed by atoms with Gasteiger partial charge in [0.2, 0.25) is 5.91 Å². The molecular formula is C57H109NO5. The number of allylic oxidation sites excluding steroid dienone is 4. The molecule has 6 nitrogen and oxygen atoms in total. The van der Waals surface area contributed by atoms with Gasteiger partial charge in [0.25, 0.3) is 0 Å². The SMILES string of the molecule is CCCCC/C=C\C/C=C\CCCCCCCC(=O)OCCCCCCCCCCCCCCCCCCCCCCCCC(=O)NC(CO)C(O)CCCCCCCCCCC. The van der Waals surface area contributed by atoms with Gasteiger partial charge in [-0.2, -0.15) is 0 Å². The van der Waals surface area contributed by atoms with Crippen LogP contribution in [0.1, 0.15) is 303 Å². The molecular weight excluding hydrogens is 779 g/mol. The van der Waals surface area contributed by atoms with Crippen LogP contribution >= 0.6 is 0 Å². The standard InChI is InChI=1S/C57H109NO5/c1-3-5-7-9-11-13-14-15-24-28-31-35-39-43-47-51-57(62)63-52-48-44-40-36-32-29-26-23-21-19-17-16-18-20-22-25-27-30-34-38-42-46-50-56(61)58-54(53-59)55(60)49-45-41-37-33-12-10-8-6-4-2/h11,13,15,24,54-55,59-60H,3-10,12,14,16-23,25-53H2,1-2H3,(H,58,61)/b13-11-,24-15-. The Bertz CT molecular complexity index is 982. The van der Waals surface area contributed by atoms with Gasteiger partial charge < -0.3 is 20.3 Å². The van der Waals surface area contributed by atoms with Gasteiger partial charge in [0.1, 0.15) is 0 Å². The maximum Gasteiger partial charge on any atom is 0.305 e. The summed E-state index contributed by atoms with van der Waals surface area (Å²) in [5.41, 5.74) is 0. The van der Waals surface area contributed by atoms with E-state index in [1.54, 1.807) is 0 Å². The number of hydrogen-bond donors (Lipinski definition) is 3. The van der Waals surface area contributed by atoms with Crippen molar-refractivity contribution in [3.8, 4) is 0 Å². The van der Waals surface area contributed by atoms with Crippen molar-refractivity contribution in [3.63, 3.8) is 0 Å². The molecule has 1 amide bonds. The van der Waals surface area contributed by atoms with Crippen LogP contribution in [-0.2, 0) is 14.3 Å². The summed E-state index contributed by atoms with van der Waals surface area (Å²) in [5.74, 6) is -0.0383. The Morgan fingerprint density at radius 3 is 1.24 bits per heavy atom. The van der Waals surface area contributed by atoms with Crippen LogP contribution in [0.15, 0.2) is 24.3 Å². The predicted octanol–water partition coefficient (Wildman–Crippen LogP) is 17.1. The van der Waals surface area contributed by atoms with Gasteiger partial charge in [0.15, 0.2) is 0 Å². The fourth-order valence-electron chi connectivity index (χ4n) is 8.67. The number of aliphatic hydroxyl groups excluding tert-OH is 2. The topological polar surface area (TPSA) is 95.9 Å². The smallest absolute Gasteiger partial charge is 0.305 e. The Hall–Kier alpha value is -1.66. The highest BCUT2D eigenvalue weighted by molar-refractivity contribution is 5.76. The normalized spacial score (nSPS) is 12.8. The molecule has 3 N–H and O–H groups in total. The highest BCUT2D eigenvalue weighted by Gasteiger charge is 2.20. The van der Waals surface area contributed by atoms with E-state index < -0.39 is 12.1 Å². The van der Waals surface area contributed by atoms with Crippen molar-refractivity contribution in [1.29, 1.82) is 0 Å². The fraction of sp³-hybridized carbons (Fsp3) is 0.895. The van der Waals surface area contributed by atoms with E-state index in [2.05, 4.69) is 43.5 Å². The molecule has 2 unspecified atom stereocenters. The average Bonchev–Trinajstić information content (AvgIpc) is 3.28. The van der Waals surface area contributed by atoms with Gasteiger partial charge in [-0.15, -0.1) is 0 Å². The number of nitrogens with one attached hydrogen (secondary N) is 1. The molecule has 0 bridgehead atoms. The number of unbranched alkanes of at least 4 members (excludes halogenated alkanes) is 37. The van der Waals surface area contributed by atoms with Gasteiger partial charge >= 0.3 is 5.97 Å². The number of ether oxygens (including phenoxy) is 1. The molecule has 0 rings (SSSR count). The summed E-state index contributed by atoms with van der Waals surface area (Å²) in [6.45, 7) is 4.90. The summed E-state index contributed by atoms with van der Waals surface area (Å²) in [6.07, 6.45) is 63.2. The molecule has 0 saturated heterocycles. The molecule has 0 fully saturated rings. The van der Waals surface area contributed by atoms with Crippen LogP contribution in [0.4, 0.5) is 0 Å². The van der Waals surface area contributed by atoms with Crippen molar-refractivity contribution in [2.45, 2.75) is 315 Å². The Labute approximate surface area is 392 Å². The van der Waals surface area contributed by atoms with Gasteiger partial charge in [-0.1, -0.05) is 256 Å². The van der Waals surface area contributed by atoms with Crippen molar-refractivity contribution in [1.82, 2.24) is 5.32 Å². The zero-order chi connectivity index (χ0) is 45.8. The van der Waals surface area contributed by atoms with Crippen LogP contribution in [0.3, 0.4) is 0 Å². The van der Waals surface area contributed by atoms with Crippen LogP contribution in [0.2, 0.25) is 0 Å². The molecule has 0 aliphatic rings. The van der Waals surface area contributed by atoms with Crippen LogP contribution in [-0.4, -0.2) is 47.4 Å². The average molecular weight is 889 g/mol. The first-order chi connectivity index (χ1) is 31.0. The molecule has 63 heavy (non-hydrogen) atoms. The summed E-state index contributed by atoms with van der Waals surface area (Å²) in [6, 6.07) is -0.539. The zero-order valence-electron chi connectivity index (χ0n) is 42.3. The zero-order valence-corrected chi connectivity index (χ0v) is 42.3. The van der Waals surface area contributed by atoms with Gasteiger partial charge in [-0.3, -0.25) is 9.59 Å². The van der Waals surface area contributed by atoms with E-state index >= 15 is 0 Å². The highest BCUT2D eigenvalue weighted by atomic mass is 16.5. The highest BCUT2D eigenvalue weighted by Crippen LogP contribution is 2.17. The number of amides is 1. The quantitative estimate of drug-likeness (QED) is 0.0321.